The highest BCUT2D eigenvalue weighted by atomic mass is 19.1. The molecule has 5 heteroatoms. The van der Waals surface area contributed by atoms with Gasteiger partial charge in [-0.1, -0.05) is 6.07 Å². The van der Waals surface area contributed by atoms with Crippen LogP contribution in [0.15, 0.2) is 36.4 Å². The van der Waals surface area contributed by atoms with Gasteiger partial charge in [0.15, 0.2) is 0 Å². The van der Waals surface area contributed by atoms with Gasteiger partial charge in [-0.05, 0) is 35.9 Å². The van der Waals surface area contributed by atoms with Gasteiger partial charge in [-0.3, -0.25) is 0 Å². The van der Waals surface area contributed by atoms with E-state index in [1.807, 2.05) is 6.07 Å². The highest BCUT2D eigenvalue weighted by molar-refractivity contribution is 5.51. The monoisotopic (exact) mass is 281 g/mol. The van der Waals surface area contributed by atoms with E-state index in [-0.39, 0.29) is 5.56 Å². The molecule has 0 saturated carbocycles. The van der Waals surface area contributed by atoms with Crippen LogP contribution in [0.2, 0.25) is 0 Å². The summed E-state index contributed by atoms with van der Waals surface area (Å²) in [7, 11) is 1.51. The molecule has 0 saturated heterocycles. The molecule has 2 aromatic carbocycles. The molecular weight excluding hydrogens is 269 g/mol. The number of halogens is 1. The molecular formula is C16H12FN3O. The van der Waals surface area contributed by atoms with Crippen molar-refractivity contribution in [2.45, 2.75) is 6.54 Å². The summed E-state index contributed by atoms with van der Waals surface area (Å²) in [5.41, 5.74) is 1.97. The largest absolute Gasteiger partial charge is 0.495 e. The summed E-state index contributed by atoms with van der Waals surface area (Å²) in [4.78, 5) is 0. The smallest absolute Gasteiger partial charge is 0.141 e. The van der Waals surface area contributed by atoms with Crippen molar-refractivity contribution in [3.63, 3.8) is 0 Å². The Hall–Kier alpha value is -3.05. The number of hydrogen-bond acceptors (Lipinski definition) is 4. The van der Waals surface area contributed by atoms with Crippen LogP contribution < -0.4 is 10.1 Å². The van der Waals surface area contributed by atoms with Gasteiger partial charge in [0, 0.05) is 12.2 Å². The summed E-state index contributed by atoms with van der Waals surface area (Å²) in [5, 5.41) is 20.9. The molecule has 2 aromatic rings. The van der Waals surface area contributed by atoms with Crippen LogP contribution in [0.25, 0.3) is 0 Å². The number of hydrogen-bond donors (Lipinski definition) is 1. The van der Waals surface area contributed by atoms with Crippen molar-refractivity contribution in [2.75, 3.05) is 12.4 Å². The molecule has 0 aliphatic heterocycles. The van der Waals surface area contributed by atoms with Gasteiger partial charge in [0.05, 0.1) is 18.2 Å². The van der Waals surface area contributed by atoms with E-state index in [0.717, 1.165) is 5.56 Å². The average molecular weight is 281 g/mol. The van der Waals surface area contributed by atoms with Crippen LogP contribution in [0.1, 0.15) is 16.7 Å². The van der Waals surface area contributed by atoms with Crippen LogP contribution in [0.5, 0.6) is 5.75 Å². The Kier molecular flexibility index (Phi) is 4.38. The molecule has 0 bridgehead atoms. The van der Waals surface area contributed by atoms with Crippen LogP contribution in [-0.4, -0.2) is 7.11 Å². The number of rotatable bonds is 4. The third-order valence-electron chi connectivity index (χ3n) is 2.97. The van der Waals surface area contributed by atoms with Crippen molar-refractivity contribution in [3.05, 3.63) is 58.9 Å². The predicted molar refractivity (Wildman–Crippen MR) is 76.2 cm³/mol. The molecule has 0 aliphatic rings. The molecule has 104 valence electrons. The quantitative estimate of drug-likeness (QED) is 0.934. The lowest BCUT2D eigenvalue weighted by molar-refractivity contribution is 0.413. The van der Waals surface area contributed by atoms with E-state index < -0.39 is 5.82 Å². The highest BCUT2D eigenvalue weighted by Crippen LogP contribution is 2.20. The Balaban J connectivity index is 2.14. The van der Waals surface area contributed by atoms with Gasteiger partial charge < -0.3 is 10.1 Å². The summed E-state index contributed by atoms with van der Waals surface area (Å²) in [5.74, 6) is -0.0194. The molecule has 0 aliphatic carbocycles. The first-order valence-electron chi connectivity index (χ1n) is 6.18. The summed E-state index contributed by atoms with van der Waals surface area (Å²) < 4.78 is 18.3. The molecule has 0 atom stereocenters. The van der Waals surface area contributed by atoms with E-state index in [0.29, 0.717) is 23.5 Å². The molecule has 0 aromatic heterocycles. The Labute approximate surface area is 122 Å². The third-order valence-corrected chi connectivity index (χ3v) is 2.97. The Morgan fingerprint density at radius 2 is 1.86 bits per heavy atom. The van der Waals surface area contributed by atoms with Crippen molar-refractivity contribution in [2.24, 2.45) is 0 Å². The topological polar surface area (TPSA) is 68.8 Å². The van der Waals surface area contributed by atoms with Crippen LogP contribution in [-0.2, 0) is 6.54 Å². The fraction of sp³-hybridized carbons (Fsp3) is 0.125. The second-order valence-electron chi connectivity index (χ2n) is 4.31. The number of nitriles is 2. The van der Waals surface area contributed by atoms with Crippen LogP contribution in [0.3, 0.4) is 0 Å². The van der Waals surface area contributed by atoms with Gasteiger partial charge in [-0.2, -0.15) is 10.5 Å². The molecule has 0 fully saturated rings. The van der Waals surface area contributed by atoms with Gasteiger partial charge in [0.1, 0.15) is 23.7 Å². The summed E-state index contributed by atoms with van der Waals surface area (Å²) >= 11 is 0. The fourth-order valence-electron chi connectivity index (χ4n) is 1.88. The third kappa shape index (κ3) is 3.29. The average Bonchev–Trinajstić information content (AvgIpc) is 2.53. The molecule has 0 spiro atoms. The Morgan fingerprint density at radius 3 is 2.52 bits per heavy atom. The molecule has 0 heterocycles. The molecule has 21 heavy (non-hydrogen) atoms. The maximum absolute atomic E-state index is 13.2. The normalized spacial score (nSPS) is 9.52. The van der Waals surface area contributed by atoms with E-state index in [1.54, 1.807) is 24.3 Å². The van der Waals surface area contributed by atoms with Crippen LogP contribution in [0, 0.1) is 28.5 Å². The van der Waals surface area contributed by atoms with E-state index in [2.05, 4.69) is 11.4 Å². The summed E-state index contributed by atoms with van der Waals surface area (Å²) in [6.07, 6.45) is 0. The van der Waals surface area contributed by atoms with Crippen molar-refractivity contribution < 1.29 is 9.13 Å². The summed E-state index contributed by atoms with van der Waals surface area (Å²) in [6, 6.07) is 13.4. The second-order valence-corrected chi connectivity index (χ2v) is 4.31. The first kappa shape index (κ1) is 14.4. The van der Waals surface area contributed by atoms with Gasteiger partial charge in [-0.25, -0.2) is 4.39 Å². The number of nitrogens with zero attached hydrogens (tertiary/aromatic N) is 2. The number of benzene rings is 2. The molecule has 2 rings (SSSR count). The van der Waals surface area contributed by atoms with Gasteiger partial charge in [0.25, 0.3) is 0 Å². The van der Waals surface area contributed by atoms with E-state index in [1.165, 1.54) is 19.2 Å². The number of anilines is 1. The Morgan fingerprint density at radius 1 is 1.10 bits per heavy atom. The zero-order chi connectivity index (χ0) is 15.2. The SMILES string of the molecule is COc1ccc(CNc2ccc(F)c(C#N)c2)cc1C#N. The second kappa shape index (κ2) is 6.40. The lowest BCUT2D eigenvalue weighted by atomic mass is 10.1. The minimum atomic E-state index is -0.542. The predicted octanol–water partition coefficient (Wildman–Crippen LogP) is 3.19. The number of ether oxygens (including phenoxy) is 1. The lowest BCUT2D eigenvalue weighted by Gasteiger charge is -2.09. The zero-order valence-electron chi connectivity index (χ0n) is 11.4. The minimum Gasteiger partial charge on any atom is -0.495 e. The first-order valence-corrected chi connectivity index (χ1v) is 6.18. The van der Waals surface area contributed by atoms with Crippen molar-refractivity contribution in [1.82, 2.24) is 0 Å². The molecule has 0 radical (unpaired) electrons. The van der Waals surface area contributed by atoms with Gasteiger partial charge in [-0.15, -0.1) is 0 Å². The van der Waals surface area contributed by atoms with E-state index in [4.69, 9.17) is 15.3 Å². The first-order chi connectivity index (χ1) is 10.2. The van der Waals surface area contributed by atoms with Crippen molar-refractivity contribution in [3.8, 4) is 17.9 Å². The molecule has 0 amide bonds. The van der Waals surface area contributed by atoms with Crippen molar-refractivity contribution >= 4 is 5.69 Å². The Bertz CT molecular complexity index is 744. The molecule has 1 N–H and O–H groups in total. The number of nitrogens with one attached hydrogen (secondary N) is 1. The minimum absolute atomic E-state index is 0.00700. The maximum Gasteiger partial charge on any atom is 0.141 e. The van der Waals surface area contributed by atoms with Crippen LogP contribution >= 0.6 is 0 Å². The van der Waals surface area contributed by atoms with Crippen LogP contribution in [0.4, 0.5) is 10.1 Å². The van der Waals surface area contributed by atoms with E-state index >= 15 is 0 Å². The zero-order valence-corrected chi connectivity index (χ0v) is 11.4. The van der Waals surface area contributed by atoms with Gasteiger partial charge in [0.2, 0.25) is 0 Å². The molecule has 4 nitrogen and oxygen atoms in total. The highest BCUT2D eigenvalue weighted by Gasteiger charge is 2.05. The van der Waals surface area contributed by atoms with Crippen molar-refractivity contribution in [1.29, 1.82) is 10.5 Å². The number of methoxy groups -OCH3 is 1. The van der Waals surface area contributed by atoms with E-state index in [9.17, 15) is 4.39 Å². The fourth-order valence-corrected chi connectivity index (χ4v) is 1.88. The summed E-state index contributed by atoms with van der Waals surface area (Å²) in [6.45, 7) is 0.454. The lowest BCUT2D eigenvalue weighted by Crippen LogP contribution is -2.01. The standard InChI is InChI=1S/C16H12FN3O/c1-21-16-5-2-11(6-13(16)9-19)10-20-14-3-4-15(17)12(7-14)8-18/h2-7,20H,10H2,1H3. The maximum atomic E-state index is 13.2. The molecule has 0 unspecified atom stereocenters. The van der Waals surface area contributed by atoms with Gasteiger partial charge >= 0.3 is 0 Å².